The van der Waals surface area contributed by atoms with Gasteiger partial charge in [0.05, 0.1) is 32.1 Å². The zero-order valence-electron chi connectivity index (χ0n) is 17.5. The summed E-state index contributed by atoms with van der Waals surface area (Å²) in [6.07, 6.45) is 2.57. The van der Waals surface area contributed by atoms with Crippen molar-refractivity contribution in [3.05, 3.63) is 40.2 Å². The first kappa shape index (κ1) is 21.9. The lowest BCUT2D eigenvalue weighted by molar-refractivity contribution is 0.0489. The Morgan fingerprint density at radius 1 is 1.41 bits per heavy atom. The molecule has 32 heavy (non-hydrogen) atoms. The van der Waals surface area contributed by atoms with Gasteiger partial charge in [0.1, 0.15) is 0 Å². The number of hydrogen-bond acceptors (Lipinski definition) is 11. The molecule has 2 N–H and O–H groups in total. The van der Waals surface area contributed by atoms with Crippen LogP contribution in [0.15, 0.2) is 27.5 Å². The second-order valence-corrected chi connectivity index (χ2v) is 7.81. The van der Waals surface area contributed by atoms with Gasteiger partial charge in [-0.05, 0) is 19.4 Å². The number of methoxy groups -OCH3 is 1. The number of aromatic nitrogens is 4. The first-order chi connectivity index (χ1) is 15.5. The molecule has 0 spiro atoms. The van der Waals surface area contributed by atoms with Crippen molar-refractivity contribution < 1.29 is 23.4 Å². The largest absolute Gasteiger partial charge is 0.488 e. The van der Waals surface area contributed by atoms with Crippen molar-refractivity contribution in [2.75, 3.05) is 44.1 Å². The van der Waals surface area contributed by atoms with Crippen molar-refractivity contribution in [3.63, 3.8) is 0 Å². The molecule has 0 bridgehead atoms. The van der Waals surface area contributed by atoms with Crippen molar-refractivity contribution in [1.82, 2.24) is 20.0 Å². The number of hydrogen-bond donors (Lipinski definition) is 2. The van der Waals surface area contributed by atoms with E-state index in [0.29, 0.717) is 37.2 Å². The molecule has 4 rings (SSSR count). The second-order valence-electron chi connectivity index (χ2n) is 6.86. The number of aryl methyl sites for hydroxylation is 1. The van der Waals surface area contributed by atoms with Gasteiger partial charge in [-0.15, -0.1) is 10.2 Å². The lowest BCUT2D eigenvalue weighted by Crippen LogP contribution is -2.20. The molecule has 0 radical (unpaired) electrons. The lowest BCUT2D eigenvalue weighted by Gasteiger charge is -2.13. The average molecular weight is 462 g/mol. The summed E-state index contributed by atoms with van der Waals surface area (Å²) in [6, 6.07) is 3.22. The van der Waals surface area contributed by atoms with Crippen LogP contribution in [0, 0.1) is 6.92 Å². The summed E-state index contributed by atoms with van der Waals surface area (Å²) in [6.45, 7) is 3.96. The van der Waals surface area contributed by atoms with Crippen LogP contribution in [0.1, 0.15) is 22.7 Å². The lowest BCUT2D eigenvalue weighted by atomic mass is 10.3. The highest BCUT2D eigenvalue weighted by Gasteiger charge is 2.20. The minimum atomic E-state index is -0.780. The van der Waals surface area contributed by atoms with E-state index >= 15 is 0 Å². The normalized spacial score (nSPS) is 15.6. The Balaban J connectivity index is 1.43. The fourth-order valence-corrected chi connectivity index (χ4v) is 3.81. The molecule has 0 saturated carbocycles. The Bertz CT molecular complexity index is 1140. The van der Waals surface area contributed by atoms with Crippen LogP contribution in [0.3, 0.4) is 0 Å². The molecule has 170 valence electrons. The van der Waals surface area contributed by atoms with Crippen molar-refractivity contribution in [2.24, 2.45) is 0 Å². The molecule has 1 fully saturated rings. The maximum absolute atomic E-state index is 12.7. The molecular weight excluding hydrogens is 440 g/mol. The molecule has 0 aromatic carbocycles. The molecular formula is C19H22N6O6S. The molecule has 1 aliphatic heterocycles. The number of anilines is 2. The van der Waals surface area contributed by atoms with Gasteiger partial charge in [0.15, 0.2) is 5.76 Å². The standard InChI is InChI=1S/C19H22N6O6S/c1-11-3-5-21-25(11)19-24-23-18(32-19)22-16(26)14-9-13(15(28-2)17(27)31-14)20-6-8-30-12-4-7-29-10-12/h3,5,9,12,20H,4,6-8,10H2,1-2H3,(H,22,23,26)/t12-/m1/s1. The maximum atomic E-state index is 12.7. The molecule has 0 unspecified atom stereocenters. The number of rotatable bonds is 9. The molecule has 0 aliphatic carbocycles. The maximum Gasteiger partial charge on any atom is 0.381 e. The van der Waals surface area contributed by atoms with Crippen LogP contribution >= 0.6 is 11.3 Å². The predicted molar refractivity (Wildman–Crippen MR) is 115 cm³/mol. The smallest absolute Gasteiger partial charge is 0.381 e. The van der Waals surface area contributed by atoms with Gasteiger partial charge in [0.2, 0.25) is 16.0 Å². The number of carbonyl (C=O) groups excluding carboxylic acids is 1. The molecule has 1 atom stereocenters. The van der Waals surface area contributed by atoms with Crippen LogP contribution in [0.25, 0.3) is 5.13 Å². The van der Waals surface area contributed by atoms with E-state index in [1.54, 1.807) is 10.9 Å². The molecule has 3 aromatic heterocycles. The van der Waals surface area contributed by atoms with Crippen LogP contribution in [0.5, 0.6) is 5.75 Å². The van der Waals surface area contributed by atoms with E-state index in [1.807, 2.05) is 13.0 Å². The molecule has 13 heteroatoms. The van der Waals surface area contributed by atoms with Crippen molar-refractivity contribution in [1.29, 1.82) is 0 Å². The second kappa shape index (κ2) is 9.89. The van der Waals surface area contributed by atoms with E-state index in [2.05, 4.69) is 25.9 Å². The van der Waals surface area contributed by atoms with Gasteiger partial charge in [-0.25, -0.2) is 9.48 Å². The fraction of sp³-hybridized carbons (Fsp3) is 0.421. The van der Waals surface area contributed by atoms with Crippen LogP contribution in [-0.2, 0) is 9.47 Å². The summed E-state index contributed by atoms with van der Waals surface area (Å²) in [7, 11) is 1.35. The third-order valence-corrected chi connectivity index (χ3v) is 5.46. The highest BCUT2D eigenvalue weighted by molar-refractivity contribution is 7.17. The third-order valence-electron chi connectivity index (χ3n) is 4.64. The molecule has 12 nitrogen and oxygen atoms in total. The summed E-state index contributed by atoms with van der Waals surface area (Å²) < 4.78 is 22.8. The quantitative estimate of drug-likeness (QED) is 0.449. The van der Waals surface area contributed by atoms with E-state index in [4.69, 9.17) is 18.6 Å². The SMILES string of the molecule is COc1c(NCCO[C@@H]2CCOC2)cc(C(=O)Nc2nnc(-n3nccc3C)s2)oc1=O. The Morgan fingerprint density at radius 3 is 3.00 bits per heavy atom. The highest BCUT2D eigenvalue weighted by atomic mass is 32.1. The molecule has 1 saturated heterocycles. The van der Waals surface area contributed by atoms with Crippen molar-refractivity contribution in [2.45, 2.75) is 19.4 Å². The number of nitrogens with one attached hydrogen (secondary N) is 2. The number of nitrogens with zero attached hydrogens (tertiary/aromatic N) is 4. The van der Waals surface area contributed by atoms with E-state index in [-0.39, 0.29) is 22.7 Å². The predicted octanol–water partition coefficient (Wildman–Crippen LogP) is 1.46. The van der Waals surface area contributed by atoms with Gasteiger partial charge in [0.25, 0.3) is 5.91 Å². The van der Waals surface area contributed by atoms with Gasteiger partial charge < -0.3 is 23.9 Å². The summed E-state index contributed by atoms with van der Waals surface area (Å²) in [5.74, 6) is -0.874. The zero-order valence-corrected chi connectivity index (χ0v) is 18.3. The number of carbonyl (C=O) groups is 1. The van der Waals surface area contributed by atoms with Crippen molar-refractivity contribution in [3.8, 4) is 10.9 Å². The Labute approximate surface area is 186 Å². The van der Waals surface area contributed by atoms with Gasteiger partial charge in [-0.3, -0.25) is 10.1 Å². The minimum absolute atomic E-state index is 0.0295. The minimum Gasteiger partial charge on any atom is -0.488 e. The number of amides is 1. The van der Waals surface area contributed by atoms with Crippen molar-refractivity contribution >= 4 is 28.1 Å². The van der Waals surface area contributed by atoms with Crippen LogP contribution in [-0.4, -0.2) is 65.5 Å². The number of ether oxygens (including phenoxy) is 3. The summed E-state index contributed by atoms with van der Waals surface area (Å²) in [4.78, 5) is 24.9. The van der Waals surface area contributed by atoms with Gasteiger partial charge >= 0.3 is 5.63 Å². The summed E-state index contributed by atoms with van der Waals surface area (Å²) in [5, 5.41) is 18.5. The fourth-order valence-electron chi connectivity index (χ4n) is 3.05. The van der Waals surface area contributed by atoms with E-state index in [1.165, 1.54) is 13.2 Å². The van der Waals surface area contributed by atoms with Crippen LogP contribution in [0.2, 0.25) is 0 Å². The zero-order chi connectivity index (χ0) is 22.5. The van der Waals surface area contributed by atoms with E-state index < -0.39 is 11.5 Å². The summed E-state index contributed by atoms with van der Waals surface area (Å²) >= 11 is 1.13. The van der Waals surface area contributed by atoms with Crippen LogP contribution in [0.4, 0.5) is 10.8 Å². The molecule has 1 aliphatic rings. The topological polar surface area (TPSA) is 143 Å². The Morgan fingerprint density at radius 2 is 2.28 bits per heavy atom. The molecule has 4 heterocycles. The highest BCUT2D eigenvalue weighted by Crippen LogP contribution is 2.23. The Kier molecular flexibility index (Phi) is 6.78. The molecule has 1 amide bonds. The van der Waals surface area contributed by atoms with E-state index in [9.17, 15) is 9.59 Å². The van der Waals surface area contributed by atoms with Gasteiger partial charge in [0, 0.05) is 31.1 Å². The van der Waals surface area contributed by atoms with Crippen LogP contribution < -0.4 is 21.0 Å². The van der Waals surface area contributed by atoms with Gasteiger partial charge in [-0.2, -0.15) is 5.10 Å². The third kappa shape index (κ3) is 4.95. The Hall–Kier alpha value is -3.29. The molecule has 3 aromatic rings. The summed E-state index contributed by atoms with van der Waals surface area (Å²) in [5.41, 5.74) is 0.420. The monoisotopic (exact) mass is 462 g/mol. The average Bonchev–Trinajstić information content (AvgIpc) is 3.53. The van der Waals surface area contributed by atoms with Gasteiger partial charge in [-0.1, -0.05) is 11.3 Å². The first-order valence-corrected chi connectivity index (χ1v) is 10.7. The first-order valence-electron chi connectivity index (χ1n) is 9.86. The van der Waals surface area contributed by atoms with E-state index in [0.717, 1.165) is 23.5 Å².